The Hall–Kier alpha value is -1.18. The fourth-order valence-corrected chi connectivity index (χ4v) is 0.713. The van der Waals surface area contributed by atoms with Gasteiger partial charge in [0.15, 0.2) is 0 Å². The first-order valence-electron chi connectivity index (χ1n) is 2.90. The monoisotopic (exact) mass is 122 g/mol. The highest BCUT2D eigenvalue weighted by molar-refractivity contribution is 5.34. The predicted molar refractivity (Wildman–Crippen MR) is 38.3 cm³/mol. The van der Waals surface area contributed by atoms with Crippen LogP contribution in [0.5, 0.6) is 0 Å². The van der Waals surface area contributed by atoms with E-state index in [1.165, 1.54) is 0 Å². The van der Waals surface area contributed by atoms with E-state index in [1.807, 2.05) is 31.4 Å². The van der Waals surface area contributed by atoms with Crippen molar-refractivity contribution in [3.8, 4) is 0 Å². The molecule has 48 valence electrons. The van der Waals surface area contributed by atoms with E-state index in [9.17, 15) is 0 Å². The minimum Gasteiger partial charge on any atom is -0.397 e. The zero-order chi connectivity index (χ0) is 6.69. The molecule has 0 aromatic heterocycles. The van der Waals surface area contributed by atoms with E-state index < -0.39 is 0 Å². The van der Waals surface area contributed by atoms with Crippen LogP contribution in [-0.2, 0) is 0 Å². The van der Waals surface area contributed by atoms with Gasteiger partial charge in [-0.3, -0.25) is 0 Å². The summed E-state index contributed by atoms with van der Waals surface area (Å²) in [4.78, 5) is 0. The third-order valence-electron chi connectivity index (χ3n) is 1.21. The molecular weight excluding hydrogens is 112 g/mol. The lowest BCUT2D eigenvalue weighted by Gasteiger charge is -2.09. The molecule has 0 amide bonds. The zero-order valence-corrected chi connectivity index (χ0v) is 5.39. The van der Waals surface area contributed by atoms with Crippen molar-refractivity contribution in [2.75, 3.05) is 0 Å². The molecular formula is C7H10N2. The van der Waals surface area contributed by atoms with Gasteiger partial charge in [-0.15, -0.1) is 0 Å². The Labute approximate surface area is 54.7 Å². The van der Waals surface area contributed by atoms with Gasteiger partial charge in [0, 0.05) is 6.20 Å². The Kier molecular flexibility index (Phi) is 1.58. The molecule has 0 aromatic rings. The van der Waals surface area contributed by atoms with Crippen molar-refractivity contribution < 1.29 is 0 Å². The summed E-state index contributed by atoms with van der Waals surface area (Å²) in [6, 6.07) is 0. The lowest BCUT2D eigenvalue weighted by atomic mass is 10.2. The summed E-state index contributed by atoms with van der Waals surface area (Å²) in [7, 11) is 0. The normalized spacial score (nSPS) is 21.4. The Morgan fingerprint density at radius 2 is 2.44 bits per heavy atom. The van der Waals surface area contributed by atoms with Crippen LogP contribution in [-0.4, -0.2) is 0 Å². The van der Waals surface area contributed by atoms with Crippen LogP contribution in [0.25, 0.3) is 0 Å². The maximum atomic E-state index is 5.57. The molecule has 0 aromatic carbocycles. The molecule has 1 rings (SSSR count). The first-order chi connectivity index (χ1) is 4.34. The molecule has 2 nitrogen and oxygen atoms in total. The number of hydrogen-bond donors (Lipinski definition) is 2. The van der Waals surface area contributed by atoms with Crippen LogP contribution in [0.15, 0.2) is 35.8 Å². The van der Waals surface area contributed by atoms with Gasteiger partial charge in [-0.2, -0.15) is 0 Å². The maximum Gasteiger partial charge on any atom is 0.0570 e. The summed E-state index contributed by atoms with van der Waals surface area (Å²) in [5.74, 6) is 0. The van der Waals surface area contributed by atoms with Gasteiger partial charge in [0.2, 0.25) is 0 Å². The molecule has 1 aliphatic heterocycles. The van der Waals surface area contributed by atoms with Gasteiger partial charge < -0.3 is 11.1 Å². The van der Waals surface area contributed by atoms with Gasteiger partial charge >= 0.3 is 0 Å². The fraction of sp³-hybridized carbons (Fsp3) is 0.143. The average molecular weight is 122 g/mol. The summed E-state index contributed by atoms with van der Waals surface area (Å²) in [6.45, 7) is 1.95. The van der Waals surface area contributed by atoms with Crippen LogP contribution < -0.4 is 11.1 Å². The molecule has 0 atom stereocenters. The zero-order valence-electron chi connectivity index (χ0n) is 5.39. The lowest BCUT2D eigenvalue weighted by Crippen LogP contribution is -2.15. The number of nitrogens with one attached hydrogen (secondary N) is 1. The SMILES string of the molecule is C/C=C1\NC=CC=C1N. The minimum atomic E-state index is 0.792. The van der Waals surface area contributed by atoms with E-state index in [0.717, 1.165) is 11.4 Å². The van der Waals surface area contributed by atoms with Crippen molar-refractivity contribution in [1.29, 1.82) is 0 Å². The maximum absolute atomic E-state index is 5.57. The van der Waals surface area contributed by atoms with E-state index in [2.05, 4.69) is 5.32 Å². The molecule has 0 saturated heterocycles. The minimum absolute atomic E-state index is 0.792. The topological polar surface area (TPSA) is 38.0 Å². The van der Waals surface area contributed by atoms with Gasteiger partial charge in [-0.25, -0.2) is 0 Å². The van der Waals surface area contributed by atoms with Crippen molar-refractivity contribution >= 4 is 0 Å². The second kappa shape index (κ2) is 2.40. The molecule has 0 radical (unpaired) electrons. The number of hydrogen-bond acceptors (Lipinski definition) is 2. The highest BCUT2D eigenvalue weighted by atomic mass is 14.9. The molecule has 0 aliphatic carbocycles. The van der Waals surface area contributed by atoms with Crippen LogP contribution in [0.1, 0.15) is 6.92 Å². The summed E-state index contributed by atoms with van der Waals surface area (Å²) in [5, 5.41) is 3.01. The summed E-state index contributed by atoms with van der Waals surface area (Å²) in [6.07, 6.45) is 7.54. The fourth-order valence-electron chi connectivity index (χ4n) is 0.713. The predicted octanol–water partition coefficient (Wildman–Crippen LogP) is 0.850. The number of nitrogens with two attached hydrogens (primary N) is 1. The van der Waals surface area contributed by atoms with E-state index in [4.69, 9.17) is 5.73 Å². The smallest absolute Gasteiger partial charge is 0.0570 e. The van der Waals surface area contributed by atoms with Crippen LogP contribution in [0.2, 0.25) is 0 Å². The van der Waals surface area contributed by atoms with Crippen molar-refractivity contribution in [2.24, 2.45) is 5.73 Å². The van der Waals surface area contributed by atoms with Crippen molar-refractivity contribution in [1.82, 2.24) is 5.32 Å². The number of rotatable bonds is 0. The van der Waals surface area contributed by atoms with Crippen LogP contribution >= 0.6 is 0 Å². The Morgan fingerprint density at radius 1 is 1.67 bits per heavy atom. The highest BCUT2D eigenvalue weighted by Crippen LogP contribution is 2.03. The van der Waals surface area contributed by atoms with Gasteiger partial charge in [0.05, 0.1) is 11.4 Å². The second-order valence-corrected chi connectivity index (χ2v) is 1.83. The summed E-state index contributed by atoms with van der Waals surface area (Å²) >= 11 is 0. The van der Waals surface area contributed by atoms with Crippen LogP contribution in [0.3, 0.4) is 0 Å². The third-order valence-corrected chi connectivity index (χ3v) is 1.21. The third kappa shape index (κ3) is 1.13. The van der Waals surface area contributed by atoms with Crippen molar-refractivity contribution in [2.45, 2.75) is 6.92 Å². The molecule has 1 aliphatic rings. The first-order valence-corrected chi connectivity index (χ1v) is 2.90. The Balaban J connectivity index is 2.83. The van der Waals surface area contributed by atoms with E-state index in [1.54, 1.807) is 0 Å². The molecule has 3 N–H and O–H groups in total. The second-order valence-electron chi connectivity index (χ2n) is 1.83. The number of dihydropyridines is 1. The van der Waals surface area contributed by atoms with Gasteiger partial charge in [0.1, 0.15) is 0 Å². The van der Waals surface area contributed by atoms with Gasteiger partial charge in [-0.1, -0.05) is 6.08 Å². The molecule has 0 bridgehead atoms. The van der Waals surface area contributed by atoms with Crippen LogP contribution in [0, 0.1) is 0 Å². The Morgan fingerprint density at radius 3 is 2.89 bits per heavy atom. The van der Waals surface area contributed by atoms with Crippen molar-refractivity contribution in [3.05, 3.63) is 35.8 Å². The molecule has 9 heavy (non-hydrogen) atoms. The van der Waals surface area contributed by atoms with Crippen LogP contribution in [0.4, 0.5) is 0 Å². The van der Waals surface area contributed by atoms with Gasteiger partial charge in [-0.05, 0) is 19.1 Å². The van der Waals surface area contributed by atoms with E-state index in [-0.39, 0.29) is 0 Å². The standard InChI is InChI=1S/C7H10N2/c1-2-7-6(8)4-3-5-9-7/h2-5,9H,8H2,1H3/b7-2-. The molecule has 0 spiro atoms. The van der Waals surface area contributed by atoms with Crippen molar-refractivity contribution in [3.63, 3.8) is 0 Å². The number of allylic oxidation sites excluding steroid dienone is 3. The largest absolute Gasteiger partial charge is 0.397 e. The molecule has 0 unspecified atom stereocenters. The highest BCUT2D eigenvalue weighted by Gasteiger charge is 1.97. The van der Waals surface area contributed by atoms with E-state index >= 15 is 0 Å². The first kappa shape index (κ1) is 5.95. The average Bonchev–Trinajstić information content (AvgIpc) is 1.89. The summed E-state index contributed by atoms with van der Waals surface area (Å²) < 4.78 is 0. The van der Waals surface area contributed by atoms with E-state index in [0.29, 0.717) is 0 Å². The Bertz CT molecular complexity index is 187. The quantitative estimate of drug-likeness (QED) is 0.500. The van der Waals surface area contributed by atoms with Gasteiger partial charge in [0.25, 0.3) is 0 Å². The molecule has 0 saturated carbocycles. The molecule has 0 fully saturated rings. The molecule has 1 heterocycles. The summed E-state index contributed by atoms with van der Waals surface area (Å²) in [5.41, 5.74) is 7.34. The lowest BCUT2D eigenvalue weighted by molar-refractivity contribution is 1.03. The molecule has 2 heteroatoms.